The number of methoxy groups -OCH3 is 1. The molecule has 154 valence electrons. The summed E-state index contributed by atoms with van der Waals surface area (Å²) in [5.41, 5.74) is 3.33. The molecule has 7 nitrogen and oxygen atoms in total. The zero-order chi connectivity index (χ0) is 21.3. The first-order chi connectivity index (χ1) is 14.5. The van der Waals surface area contributed by atoms with Crippen molar-refractivity contribution >= 4 is 23.3 Å². The number of carboxylic acid groups (broad SMARTS) is 1. The van der Waals surface area contributed by atoms with Gasteiger partial charge in [-0.2, -0.15) is 0 Å². The Kier molecular flexibility index (Phi) is 5.27. The first kappa shape index (κ1) is 19.7. The Morgan fingerprint density at radius 3 is 2.83 bits per heavy atom. The number of carbonyl (C=O) groups is 1. The maximum absolute atomic E-state index is 13.1. The van der Waals surface area contributed by atoms with Gasteiger partial charge in [0.05, 0.1) is 25.0 Å². The van der Waals surface area contributed by atoms with Crippen molar-refractivity contribution in [3.63, 3.8) is 0 Å². The monoisotopic (exact) mass is 406 g/mol. The molecule has 1 aliphatic carbocycles. The number of pyridine rings is 1. The van der Waals surface area contributed by atoms with Crippen LogP contribution in [-0.2, 0) is 6.42 Å². The molecule has 0 unspecified atom stereocenters. The molecular formula is C23H22N2O5. The summed E-state index contributed by atoms with van der Waals surface area (Å²) < 4.78 is 12.6. The average molecular weight is 406 g/mol. The van der Waals surface area contributed by atoms with Crippen LogP contribution in [0.1, 0.15) is 46.9 Å². The predicted octanol–water partition coefficient (Wildman–Crippen LogP) is 3.68. The van der Waals surface area contributed by atoms with Crippen LogP contribution in [0.2, 0.25) is 0 Å². The van der Waals surface area contributed by atoms with Crippen LogP contribution in [0.3, 0.4) is 0 Å². The van der Waals surface area contributed by atoms with Crippen LogP contribution in [0.4, 0.5) is 0 Å². The number of fused-ring (bicyclic) bond motifs is 2. The number of para-hydroxylation sites is 1. The predicted molar refractivity (Wildman–Crippen MR) is 113 cm³/mol. The summed E-state index contributed by atoms with van der Waals surface area (Å²) in [7, 11) is 1.60. The van der Waals surface area contributed by atoms with E-state index >= 15 is 0 Å². The van der Waals surface area contributed by atoms with Crippen LogP contribution in [-0.4, -0.2) is 34.2 Å². The summed E-state index contributed by atoms with van der Waals surface area (Å²) in [4.78, 5) is 29.0. The van der Waals surface area contributed by atoms with E-state index in [2.05, 4.69) is 0 Å². The zero-order valence-electron chi connectivity index (χ0n) is 16.8. The molecule has 0 saturated carbocycles. The van der Waals surface area contributed by atoms with E-state index in [1.54, 1.807) is 13.2 Å². The minimum Gasteiger partial charge on any atom is -0.492 e. The molecule has 1 N–H and O–H groups in total. The molecule has 0 spiro atoms. The Balaban J connectivity index is 1.88. The minimum atomic E-state index is -1.08. The van der Waals surface area contributed by atoms with Gasteiger partial charge in [-0.1, -0.05) is 12.1 Å². The summed E-state index contributed by atoms with van der Waals surface area (Å²) in [5, 5.41) is 9.22. The molecule has 0 fully saturated rings. The molecule has 0 saturated heterocycles. The quantitative estimate of drug-likeness (QED) is 0.695. The van der Waals surface area contributed by atoms with E-state index in [0.29, 0.717) is 41.4 Å². The molecule has 0 radical (unpaired) electrons. The van der Waals surface area contributed by atoms with E-state index in [0.717, 1.165) is 24.0 Å². The van der Waals surface area contributed by atoms with E-state index in [1.807, 2.05) is 31.2 Å². The van der Waals surface area contributed by atoms with Gasteiger partial charge < -0.3 is 14.6 Å². The molecule has 2 aromatic heterocycles. The van der Waals surface area contributed by atoms with Crippen molar-refractivity contribution in [1.82, 2.24) is 9.38 Å². The second-order valence-corrected chi connectivity index (χ2v) is 7.03. The van der Waals surface area contributed by atoms with Crippen LogP contribution in [0.15, 0.2) is 41.3 Å². The van der Waals surface area contributed by atoms with Crippen molar-refractivity contribution in [1.29, 1.82) is 0 Å². The third-order valence-corrected chi connectivity index (χ3v) is 5.18. The van der Waals surface area contributed by atoms with Crippen LogP contribution < -0.4 is 15.0 Å². The Morgan fingerprint density at radius 2 is 2.10 bits per heavy atom. The summed E-state index contributed by atoms with van der Waals surface area (Å²) in [6, 6.07) is 8.72. The molecule has 1 aliphatic rings. The fourth-order valence-electron chi connectivity index (χ4n) is 3.83. The van der Waals surface area contributed by atoms with E-state index in [4.69, 9.17) is 14.5 Å². The molecular weight excluding hydrogens is 384 g/mol. The lowest BCUT2D eigenvalue weighted by Gasteiger charge is -2.19. The lowest BCUT2D eigenvalue weighted by atomic mass is 9.90. The normalized spacial score (nSPS) is 14.5. The summed E-state index contributed by atoms with van der Waals surface area (Å²) in [6.45, 7) is 2.45. The maximum atomic E-state index is 13.1. The zero-order valence-corrected chi connectivity index (χ0v) is 16.8. The highest BCUT2D eigenvalue weighted by molar-refractivity contribution is 5.88. The molecule has 0 aliphatic heterocycles. The minimum absolute atomic E-state index is 0.0513. The van der Waals surface area contributed by atoms with Gasteiger partial charge in [-0.3, -0.25) is 9.20 Å². The van der Waals surface area contributed by atoms with Gasteiger partial charge in [0.1, 0.15) is 5.65 Å². The molecule has 0 atom stereocenters. The number of hydrogen-bond acceptors (Lipinski definition) is 5. The maximum Gasteiger partial charge on any atom is 0.337 e. The van der Waals surface area contributed by atoms with E-state index in [1.165, 1.54) is 16.7 Å². The van der Waals surface area contributed by atoms with Crippen LogP contribution >= 0.6 is 0 Å². The van der Waals surface area contributed by atoms with Gasteiger partial charge in [0, 0.05) is 17.3 Å². The first-order valence-electron chi connectivity index (χ1n) is 9.82. The van der Waals surface area contributed by atoms with Crippen molar-refractivity contribution in [2.75, 3.05) is 13.7 Å². The SMILES string of the molecule is CCOc1cccc(C=C2CCCc3c2nc2ccc(C(=O)O)cn2c3=O)c1OC. The number of allylic oxidation sites excluding steroid dienone is 1. The highest BCUT2D eigenvalue weighted by Crippen LogP contribution is 2.36. The molecule has 4 rings (SSSR count). The van der Waals surface area contributed by atoms with Gasteiger partial charge in [-0.15, -0.1) is 0 Å². The number of rotatable bonds is 5. The van der Waals surface area contributed by atoms with E-state index < -0.39 is 5.97 Å². The highest BCUT2D eigenvalue weighted by atomic mass is 16.5. The van der Waals surface area contributed by atoms with Crippen LogP contribution in [0.5, 0.6) is 11.5 Å². The van der Waals surface area contributed by atoms with Crippen molar-refractivity contribution in [2.24, 2.45) is 0 Å². The van der Waals surface area contributed by atoms with Crippen LogP contribution in [0, 0.1) is 0 Å². The molecule has 2 heterocycles. The van der Waals surface area contributed by atoms with Gasteiger partial charge in [-0.05, 0) is 56.0 Å². The number of aromatic carboxylic acids is 1. The average Bonchev–Trinajstić information content (AvgIpc) is 2.75. The summed E-state index contributed by atoms with van der Waals surface area (Å²) in [6.07, 6.45) is 5.53. The van der Waals surface area contributed by atoms with Crippen molar-refractivity contribution in [3.05, 3.63) is 69.3 Å². The van der Waals surface area contributed by atoms with Gasteiger partial charge in [0.25, 0.3) is 5.56 Å². The highest BCUT2D eigenvalue weighted by Gasteiger charge is 2.22. The van der Waals surface area contributed by atoms with E-state index in [-0.39, 0.29) is 11.1 Å². The topological polar surface area (TPSA) is 90.1 Å². The standard InChI is InChI=1S/C23H22N2O5/c1-3-30-18-9-5-7-15(21(18)29-2)12-14-6-4-8-17-20(14)24-19-11-10-16(23(27)28)13-25(19)22(17)26/h5,7,9-13H,3-4,6,8H2,1-2H3,(H,27,28). The van der Waals surface area contributed by atoms with Gasteiger partial charge >= 0.3 is 5.97 Å². The second-order valence-electron chi connectivity index (χ2n) is 7.03. The fraction of sp³-hybridized carbons (Fsp3) is 0.261. The number of nitrogens with zero attached hydrogens (tertiary/aromatic N) is 2. The molecule has 0 amide bonds. The number of carboxylic acids is 1. The Bertz CT molecular complexity index is 1230. The molecule has 7 heteroatoms. The number of ether oxygens (including phenoxy) is 2. The lowest BCUT2D eigenvalue weighted by molar-refractivity contribution is 0.0696. The third kappa shape index (κ3) is 3.43. The van der Waals surface area contributed by atoms with E-state index in [9.17, 15) is 14.7 Å². The van der Waals surface area contributed by atoms with Gasteiger partial charge in [0.15, 0.2) is 11.5 Å². The largest absolute Gasteiger partial charge is 0.492 e. The summed E-state index contributed by atoms with van der Waals surface area (Å²) >= 11 is 0. The van der Waals surface area contributed by atoms with Crippen LogP contribution in [0.25, 0.3) is 17.3 Å². The van der Waals surface area contributed by atoms with Crippen molar-refractivity contribution < 1.29 is 19.4 Å². The Morgan fingerprint density at radius 1 is 1.27 bits per heavy atom. The first-order valence-corrected chi connectivity index (χ1v) is 9.82. The lowest BCUT2D eigenvalue weighted by Crippen LogP contribution is -2.25. The Hall–Kier alpha value is -3.61. The van der Waals surface area contributed by atoms with Gasteiger partial charge in [0.2, 0.25) is 0 Å². The fourth-order valence-corrected chi connectivity index (χ4v) is 3.83. The molecule has 1 aromatic carbocycles. The smallest absolute Gasteiger partial charge is 0.337 e. The van der Waals surface area contributed by atoms with Crippen molar-refractivity contribution in [2.45, 2.75) is 26.2 Å². The number of hydrogen-bond donors (Lipinski definition) is 1. The second kappa shape index (κ2) is 8.02. The van der Waals surface area contributed by atoms with Gasteiger partial charge in [-0.25, -0.2) is 9.78 Å². The third-order valence-electron chi connectivity index (χ3n) is 5.18. The Labute approximate surface area is 173 Å². The molecule has 0 bridgehead atoms. The van der Waals surface area contributed by atoms with Crippen molar-refractivity contribution in [3.8, 4) is 11.5 Å². The summed E-state index contributed by atoms with van der Waals surface area (Å²) in [5.74, 6) is 0.226. The molecule has 3 aromatic rings. The number of benzene rings is 1. The molecule has 30 heavy (non-hydrogen) atoms. The number of aromatic nitrogens is 2.